The quantitative estimate of drug-likeness (QED) is 0.707. The number of benzene rings is 1. The molecule has 1 N–H and O–H groups in total. The molecule has 1 aromatic heterocycles. The Labute approximate surface area is 129 Å². The summed E-state index contributed by atoms with van der Waals surface area (Å²) in [5.41, 5.74) is 0.201. The summed E-state index contributed by atoms with van der Waals surface area (Å²) in [7, 11) is -3.70. The van der Waals surface area contributed by atoms with Gasteiger partial charge in [-0.25, -0.2) is 0 Å². The van der Waals surface area contributed by atoms with Gasteiger partial charge in [0.2, 0.25) is 0 Å². The number of aromatic nitrogens is 2. The van der Waals surface area contributed by atoms with Crippen molar-refractivity contribution in [3.05, 3.63) is 17.9 Å². The number of hydrogen-bond acceptors (Lipinski definition) is 5. The normalized spacial score (nSPS) is 12.4. The van der Waals surface area contributed by atoms with Crippen molar-refractivity contribution in [2.24, 2.45) is 0 Å². The SMILES string of the molecule is CCN(CC)CCNS(=O)(=O)c1ccc(F)c2n[se]nc12. The van der Waals surface area contributed by atoms with Gasteiger partial charge in [-0.15, -0.1) is 0 Å². The zero-order chi connectivity index (χ0) is 15.5. The van der Waals surface area contributed by atoms with Crippen LogP contribution in [0.15, 0.2) is 17.0 Å². The predicted octanol–water partition coefficient (Wildman–Crippen LogP) is 0.446. The van der Waals surface area contributed by atoms with Crippen LogP contribution in [-0.2, 0) is 10.0 Å². The second-order valence-corrected chi connectivity index (χ2v) is 7.28. The van der Waals surface area contributed by atoms with Crippen molar-refractivity contribution >= 4 is 36.0 Å². The summed E-state index contributed by atoms with van der Waals surface area (Å²) < 4.78 is 48.7. The summed E-state index contributed by atoms with van der Waals surface area (Å²) >= 11 is -0.476. The summed E-state index contributed by atoms with van der Waals surface area (Å²) in [6, 6.07) is 2.37. The Balaban J connectivity index is 2.19. The monoisotopic (exact) mass is 380 g/mol. The number of likely N-dealkylation sites (N-methyl/N-ethyl adjacent to an activating group) is 1. The molecule has 0 spiro atoms. The summed E-state index contributed by atoms with van der Waals surface area (Å²) in [6.45, 7) is 6.70. The first-order valence-corrected chi connectivity index (χ1v) is 9.64. The second-order valence-electron chi connectivity index (χ2n) is 4.43. The maximum atomic E-state index is 13.5. The van der Waals surface area contributed by atoms with E-state index in [9.17, 15) is 12.8 Å². The van der Waals surface area contributed by atoms with E-state index < -0.39 is 30.8 Å². The number of nitrogens with one attached hydrogen (secondary N) is 1. The Morgan fingerprint density at radius 2 is 1.90 bits per heavy atom. The molecule has 2 rings (SSSR count). The van der Waals surface area contributed by atoms with E-state index in [0.29, 0.717) is 13.1 Å². The molecule has 0 aliphatic carbocycles. The van der Waals surface area contributed by atoms with Crippen LogP contribution in [0.1, 0.15) is 13.8 Å². The molecule has 0 bridgehead atoms. The van der Waals surface area contributed by atoms with Gasteiger partial charge in [-0.2, -0.15) is 0 Å². The minimum atomic E-state index is -3.70. The minimum absolute atomic E-state index is 0.00146. The van der Waals surface area contributed by atoms with Crippen LogP contribution in [0.25, 0.3) is 11.0 Å². The fourth-order valence-corrected chi connectivity index (χ4v) is 4.46. The molecule has 0 saturated heterocycles. The third kappa shape index (κ3) is 3.67. The van der Waals surface area contributed by atoms with E-state index in [1.807, 2.05) is 13.8 Å². The van der Waals surface area contributed by atoms with Crippen LogP contribution in [-0.4, -0.2) is 62.4 Å². The zero-order valence-corrected chi connectivity index (χ0v) is 14.4. The van der Waals surface area contributed by atoms with Crippen molar-refractivity contribution in [1.82, 2.24) is 17.6 Å². The molecule has 0 aliphatic heterocycles. The first-order valence-electron chi connectivity index (χ1n) is 6.62. The third-order valence-corrected chi connectivity index (χ3v) is 5.83. The molecule has 6 nitrogen and oxygen atoms in total. The van der Waals surface area contributed by atoms with Crippen molar-refractivity contribution in [3.63, 3.8) is 0 Å². The van der Waals surface area contributed by atoms with E-state index in [2.05, 4.69) is 17.6 Å². The molecule has 0 radical (unpaired) electrons. The van der Waals surface area contributed by atoms with E-state index in [4.69, 9.17) is 0 Å². The molecule has 21 heavy (non-hydrogen) atoms. The van der Waals surface area contributed by atoms with Gasteiger partial charge in [0.1, 0.15) is 0 Å². The molecule has 0 aliphatic rings. The van der Waals surface area contributed by atoms with Crippen molar-refractivity contribution in [1.29, 1.82) is 0 Å². The Hall–Kier alpha value is -0.861. The first kappa shape index (κ1) is 16.5. The maximum absolute atomic E-state index is 13.5. The van der Waals surface area contributed by atoms with Gasteiger partial charge in [-0.05, 0) is 0 Å². The fraction of sp³-hybridized carbons (Fsp3) is 0.500. The van der Waals surface area contributed by atoms with Gasteiger partial charge in [0, 0.05) is 0 Å². The van der Waals surface area contributed by atoms with E-state index >= 15 is 0 Å². The predicted molar refractivity (Wildman–Crippen MR) is 79.4 cm³/mol. The molecule has 1 aromatic carbocycles. The van der Waals surface area contributed by atoms with Crippen LogP contribution in [0.3, 0.4) is 0 Å². The number of halogens is 1. The summed E-state index contributed by atoms with van der Waals surface area (Å²) in [4.78, 5) is 2.11. The van der Waals surface area contributed by atoms with E-state index in [1.54, 1.807) is 0 Å². The van der Waals surface area contributed by atoms with Gasteiger partial charge in [0.15, 0.2) is 0 Å². The van der Waals surface area contributed by atoms with Crippen LogP contribution >= 0.6 is 0 Å². The van der Waals surface area contributed by atoms with Crippen molar-refractivity contribution in [3.8, 4) is 0 Å². The Morgan fingerprint density at radius 3 is 2.57 bits per heavy atom. The third-order valence-electron chi connectivity index (χ3n) is 3.23. The van der Waals surface area contributed by atoms with Crippen LogP contribution in [0, 0.1) is 5.82 Å². The average molecular weight is 379 g/mol. The van der Waals surface area contributed by atoms with E-state index in [-0.39, 0.29) is 15.9 Å². The molecule has 0 saturated carbocycles. The standard InChI is InChI=1S/C12H17FN4O2SSe/c1-3-17(4-2)8-7-14-20(18,19)10-6-5-9(13)11-12(10)16-21-15-11/h5-6,14H,3-4,7-8H2,1-2H3. The molecule has 0 atom stereocenters. The summed E-state index contributed by atoms with van der Waals surface area (Å²) in [5, 5.41) is 0. The molecular formula is C12H17FN4O2SSe. The van der Waals surface area contributed by atoms with Crippen molar-refractivity contribution in [2.75, 3.05) is 26.2 Å². The summed E-state index contributed by atoms with van der Waals surface area (Å²) in [5.74, 6) is -0.532. The fourth-order valence-electron chi connectivity index (χ4n) is 1.99. The van der Waals surface area contributed by atoms with Gasteiger partial charge in [-0.1, -0.05) is 0 Å². The molecule has 116 valence electrons. The van der Waals surface area contributed by atoms with Crippen LogP contribution in [0.5, 0.6) is 0 Å². The molecular weight excluding hydrogens is 362 g/mol. The molecule has 9 heteroatoms. The second kappa shape index (κ2) is 6.93. The van der Waals surface area contributed by atoms with Crippen molar-refractivity contribution < 1.29 is 12.8 Å². The van der Waals surface area contributed by atoms with Gasteiger partial charge in [0.25, 0.3) is 0 Å². The number of sulfonamides is 1. The topological polar surface area (TPSA) is 75.2 Å². The zero-order valence-electron chi connectivity index (χ0n) is 11.8. The molecule has 0 fully saturated rings. The molecule has 0 amide bonds. The number of hydrogen-bond donors (Lipinski definition) is 1. The van der Waals surface area contributed by atoms with Crippen LogP contribution in [0.2, 0.25) is 0 Å². The Bertz CT molecular complexity index is 715. The molecule has 0 unspecified atom stereocenters. The molecule has 2 aromatic rings. The van der Waals surface area contributed by atoms with Gasteiger partial charge in [-0.3, -0.25) is 0 Å². The average Bonchev–Trinajstić information content (AvgIpc) is 2.94. The van der Waals surface area contributed by atoms with Crippen LogP contribution < -0.4 is 4.72 Å². The Kier molecular flexibility index (Phi) is 5.45. The van der Waals surface area contributed by atoms with E-state index in [1.165, 1.54) is 6.07 Å². The number of rotatable bonds is 7. The number of nitrogens with zero attached hydrogens (tertiary/aromatic N) is 3. The van der Waals surface area contributed by atoms with Crippen molar-refractivity contribution in [2.45, 2.75) is 18.7 Å². The van der Waals surface area contributed by atoms with Crippen LogP contribution in [0.4, 0.5) is 4.39 Å². The number of fused-ring (bicyclic) bond motifs is 1. The van der Waals surface area contributed by atoms with E-state index in [0.717, 1.165) is 19.2 Å². The first-order chi connectivity index (χ1) is 9.99. The summed E-state index contributed by atoms with van der Waals surface area (Å²) in [6.07, 6.45) is 0. The van der Waals surface area contributed by atoms with Gasteiger partial charge in [0.05, 0.1) is 0 Å². The van der Waals surface area contributed by atoms with Gasteiger partial charge < -0.3 is 0 Å². The Morgan fingerprint density at radius 1 is 1.24 bits per heavy atom. The van der Waals surface area contributed by atoms with Gasteiger partial charge >= 0.3 is 129 Å². The molecule has 1 heterocycles.